The number of carbonyl (C=O) groups excluding carboxylic acids is 1. The van der Waals surface area contributed by atoms with E-state index < -0.39 is 0 Å². The summed E-state index contributed by atoms with van der Waals surface area (Å²) in [7, 11) is 0. The van der Waals surface area contributed by atoms with Gasteiger partial charge in [-0.2, -0.15) is 0 Å². The average Bonchev–Trinajstić information content (AvgIpc) is 2.98. The van der Waals surface area contributed by atoms with E-state index in [4.69, 9.17) is 5.73 Å². The number of carbonyl (C=O) groups is 1. The quantitative estimate of drug-likeness (QED) is 0.860. The first-order valence-electron chi connectivity index (χ1n) is 6.39. The zero-order valence-electron chi connectivity index (χ0n) is 10.4. The number of likely N-dealkylation sites (tertiary alicyclic amines) is 1. The molecule has 0 aliphatic carbocycles. The monoisotopic (exact) mass is 235 g/mol. The van der Waals surface area contributed by atoms with Crippen molar-refractivity contribution in [2.24, 2.45) is 5.73 Å². The molecular formula is C13H21N3O. The maximum atomic E-state index is 11.9. The first kappa shape index (κ1) is 12.2. The van der Waals surface area contributed by atoms with Gasteiger partial charge in [0.1, 0.15) is 6.54 Å². The van der Waals surface area contributed by atoms with E-state index in [0.29, 0.717) is 6.54 Å². The molecule has 0 radical (unpaired) electrons. The summed E-state index contributed by atoms with van der Waals surface area (Å²) in [6, 6.07) is 2.09. The average molecular weight is 235 g/mol. The van der Waals surface area contributed by atoms with Crippen molar-refractivity contribution in [3.05, 3.63) is 24.0 Å². The lowest BCUT2D eigenvalue weighted by molar-refractivity contribution is -0.130. The lowest BCUT2D eigenvalue weighted by Gasteiger charge is -2.15. The molecule has 0 spiro atoms. The van der Waals surface area contributed by atoms with Crippen molar-refractivity contribution in [2.45, 2.75) is 38.8 Å². The van der Waals surface area contributed by atoms with E-state index in [2.05, 4.69) is 6.92 Å². The van der Waals surface area contributed by atoms with E-state index in [1.54, 1.807) is 0 Å². The molecule has 17 heavy (non-hydrogen) atoms. The number of hydrogen-bond acceptors (Lipinski definition) is 2. The number of amides is 1. The molecule has 1 aliphatic heterocycles. The van der Waals surface area contributed by atoms with Crippen LogP contribution in [0.2, 0.25) is 0 Å². The fourth-order valence-corrected chi connectivity index (χ4v) is 2.24. The molecule has 1 unspecified atom stereocenters. The van der Waals surface area contributed by atoms with Crippen LogP contribution in [0, 0.1) is 0 Å². The zero-order valence-corrected chi connectivity index (χ0v) is 10.4. The van der Waals surface area contributed by atoms with Crippen LogP contribution in [0.5, 0.6) is 0 Å². The summed E-state index contributed by atoms with van der Waals surface area (Å²) in [5.41, 5.74) is 7.06. The van der Waals surface area contributed by atoms with Gasteiger partial charge in [-0.05, 0) is 30.9 Å². The fourth-order valence-electron chi connectivity index (χ4n) is 2.24. The Morgan fingerprint density at radius 3 is 2.82 bits per heavy atom. The van der Waals surface area contributed by atoms with Gasteiger partial charge in [-0.3, -0.25) is 4.79 Å². The molecule has 0 bridgehead atoms. The third kappa shape index (κ3) is 2.88. The van der Waals surface area contributed by atoms with Crippen molar-refractivity contribution in [1.82, 2.24) is 9.47 Å². The molecule has 2 heterocycles. The van der Waals surface area contributed by atoms with E-state index in [1.165, 1.54) is 0 Å². The second-order valence-electron chi connectivity index (χ2n) is 4.72. The van der Waals surface area contributed by atoms with Crippen molar-refractivity contribution in [3.8, 4) is 0 Å². The highest BCUT2D eigenvalue weighted by molar-refractivity contribution is 5.76. The highest BCUT2D eigenvalue weighted by atomic mass is 16.2. The second kappa shape index (κ2) is 5.36. The standard InChI is InChI=1S/C13H21N3O/c1-2-12(14)11-5-8-15(9-11)10-13(17)16-6-3-4-7-16/h5,8-9,12H,2-4,6-7,10,14H2,1H3. The molecular weight excluding hydrogens is 214 g/mol. The molecule has 0 saturated carbocycles. The van der Waals surface area contributed by atoms with Crippen LogP contribution in [-0.4, -0.2) is 28.5 Å². The van der Waals surface area contributed by atoms with Gasteiger partial charge in [-0.15, -0.1) is 0 Å². The molecule has 2 N–H and O–H groups in total. The Bertz CT molecular complexity index is 380. The van der Waals surface area contributed by atoms with Gasteiger partial charge in [-0.25, -0.2) is 0 Å². The molecule has 1 saturated heterocycles. The summed E-state index contributed by atoms with van der Waals surface area (Å²) >= 11 is 0. The van der Waals surface area contributed by atoms with E-state index >= 15 is 0 Å². The van der Waals surface area contributed by atoms with Gasteiger partial charge in [-0.1, -0.05) is 6.92 Å². The van der Waals surface area contributed by atoms with Gasteiger partial charge in [0.15, 0.2) is 0 Å². The van der Waals surface area contributed by atoms with Crippen LogP contribution in [0.4, 0.5) is 0 Å². The van der Waals surface area contributed by atoms with Crippen molar-refractivity contribution < 1.29 is 4.79 Å². The van der Waals surface area contributed by atoms with Crippen molar-refractivity contribution >= 4 is 5.91 Å². The minimum atomic E-state index is 0.0816. The van der Waals surface area contributed by atoms with Crippen LogP contribution >= 0.6 is 0 Å². The topological polar surface area (TPSA) is 51.3 Å². The van der Waals surface area contributed by atoms with Gasteiger partial charge >= 0.3 is 0 Å². The highest BCUT2D eigenvalue weighted by Gasteiger charge is 2.18. The van der Waals surface area contributed by atoms with Crippen LogP contribution in [-0.2, 0) is 11.3 Å². The Morgan fingerprint density at radius 1 is 1.47 bits per heavy atom. The number of nitrogens with two attached hydrogens (primary N) is 1. The first-order valence-corrected chi connectivity index (χ1v) is 6.39. The Hall–Kier alpha value is -1.29. The predicted octanol–water partition coefficient (Wildman–Crippen LogP) is 1.52. The molecule has 0 aromatic carbocycles. The molecule has 1 aromatic rings. The van der Waals surface area contributed by atoms with Crippen LogP contribution in [0.3, 0.4) is 0 Å². The van der Waals surface area contributed by atoms with Crippen molar-refractivity contribution in [2.75, 3.05) is 13.1 Å². The largest absolute Gasteiger partial charge is 0.345 e. The molecule has 1 aromatic heterocycles. The lowest BCUT2D eigenvalue weighted by Crippen LogP contribution is -2.30. The Balaban J connectivity index is 1.94. The lowest BCUT2D eigenvalue weighted by atomic mass is 10.1. The van der Waals surface area contributed by atoms with E-state index in [1.807, 2.05) is 27.9 Å². The Morgan fingerprint density at radius 2 is 2.18 bits per heavy atom. The molecule has 4 heteroatoms. The summed E-state index contributed by atoms with van der Waals surface area (Å²) in [5, 5.41) is 0. The molecule has 1 fully saturated rings. The molecule has 4 nitrogen and oxygen atoms in total. The Labute approximate surface area is 102 Å². The molecule has 94 valence electrons. The summed E-state index contributed by atoms with van der Waals surface area (Å²) in [6.45, 7) is 4.34. The Kier molecular flexibility index (Phi) is 3.84. The first-order chi connectivity index (χ1) is 8.20. The predicted molar refractivity (Wildman–Crippen MR) is 67.5 cm³/mol. The normalized spacial score (nSPS) is 17.4. The van der Waals surface area contributed by atoms with Crippen LogP contribution in [0.25, 0.3) is 0 Å². The van der Waals surface area contributed by atoms with Gasteiger partial charge < -0.3 is 15.2 Å². The molecule has 1 aliphatic rings. The molecule has 1 atom stereocenters. The van der Waals surface area contributed by atoms with Gasteiger partial charge in [0.2, 0.25) is 5.91 Å². The third-order valence-corrected chi connectivity index (χ3v) is 3.42. The number of nitrogens with zero attached hydrogens (tertiary/aromatic N) is 2. The van der Waals surface area contributed by atoms with Gasteiger partial charge in [0.05, 0.1) is 0 Å². The third-order valence-electron chi connectivity index (χ3n) is 3.42. The molecule has 2 rings (SSSR count). The number of aromatic nitrogens is 1. The van der Waals surface area contributed by atoms with E-state index in [-0.39, 0.29) is 11.9 Å². The van der Waals surface area contributed by atoms with Crippen LogP contribution < -0.4 is 5.73 Å². The summed E-state index contributed by atoms with van der Waals surface area (Å²) in [4.78, 5) is 13.9. The SMILES string of the molecule is CCC(N)c1ccn(CC(=O)N2CCCC2)c1. The van der Waals surface area contributed by atoms with E-state index in [9.17, 15) is 4.79 Å². The maximum absolute atomic E-state index is 11.9. The number of hydrogen-bond donors (Lipinski definition) is 1. The second-order valence-corrected chi connectivity index (χ2v) is 4.72. The van der Waals surface area contributed by atoms with E-state index in [0.717, 1.165) is 37.9 Å². The molecule has 1 amide bonds. The minimum absolute atomic E-state index is 0.0816. The van der Waals surface area contributed by atoms with Crippen LogP contribution in [0.1, 0.15) is 37.8 Å². The fraction of sp³-hybridized carbons (Fsp3) is 0.615. The smallest absolute Gasteiger partial charge is 0.242 e. The minimum Gasteiger partial charge on any atom is -0.345 e. The number of rotatable bonds is 4. The van der Waals surface area contributed by atoms with Crippen LogP contribution in [0.15, 0.2) is 18.5 Å². The van der Waals surface area contributed by atoms with Crippen molar-refractivity contribution in [3.63, 3.8) is 0 Å². The van der Waals surface area contributed by atoms with Crippen molar-refractivity contribution in [1.29, 1.82) is 0 Å². The van der Waals surface area contributed by atoms with Gasteiger partial charge in [0, 0.05) is 31.5 Å². The van der Waals surface area contributed by atoms with Gasteiger partial charge in [0.25, 0.3) is 0 Å². The summed E-state index contributed by atoms with van der Waals surface area (Å²) in [5.74, 6) is 0.217. The summed E-state index contributed by atoms with van der Waals surface area (Å²) in [6.07, 6.45) is 7.14. The zero-order chi connectivity index (χ0) is 12.3. The highest BCUT2D eigenvalue weighted by Crippen LogP contribution is 2.14. The maximum Gasteiger partial charge on any atom is 0.242 e. The summed E-state index contributed by atoms with van der Waals surface area (Å²) < 4.78 is 1.94.